The average molecular weight is 350 g/mol. The van der Waals surface area contributed by atoms with Crippen molar-refractivity contribution < 1.29 is 14.3 Å². The molecule has 0 radical (unpaired) electrons. The first-order chi connectivity index (χ1) is 9.99. The van der Waals surface area contributed by atoms with Crippen molar-refractivity contribution in [3.8, 4) is 0 Å². The number of carboxylic acids is 1. The second-order valence-corrected chi connectivity index (χ2v) is 5.24. The molecule has 3 nitrogen and oxygen atoms in total. The third-order valence-electron chi connectivity index (χ3n) is 2.99. The minimum Gasteiger partial charge on any atom is -0.478 e. The van der Waals surface area contributed by atoms with Crippen molar-refractivity contribution >= 4 is 39.4 Å². The van der Waals surface area contributed by atoms with Gasteiger partial charge >= 0.3 is 5.97 Å². The Hall–Kier alpha value is -2.14. The molecule has 1 N–H and O–H groups in total. The van der Waals surface area contributed by atoms with Crippen LogP contribution in [0.15, 0.2) is 53.0 Å². The van der Waals surface area contributed by atoms with Crippen LogP contribution in [0.4, 0.5) is 15.8 Å². The monoisotopic (exact) mass is 349 g/mol. The lowest BCUT2D eigenvalue weighted by molar-refractivity contribution is -0.131. The van der Waals surface area contributed by atoms with Crippen LogP contribution in [0.1, 0.15) is 5.56 Å². The van der Waals surface area contributed by atoms with E-state index in [1.165, 1.54) is 12.1 Å². The van der Waals surface area contributed by atoms with Crippen molar-refractivity contribution in [1.82, 2.24) is 0 Å². The zero-order valence-corrected chi connectivity index (χ0v) is 12.8. The van der Waals surface area contributed by atoms with Gasteiger partial charge in [0.25, 0.3) is 0 Å². The molecule has 108 valence electrons. The lowest BCUT2D eigenvalue weighted by Crippen LogP contribution is -2.11. The zero-order valence-electron chi connectivity index (χ0n) is 11.3. The Morgan fingerprint density at radius 3 is 2.62 bits per heavy atom. The van der Waals surface area contributed by atoms with E-state index >= 15 is 0 Å². The van der Waals surface area contributed by atoms with Crippen LogP contribution in [0, 0.1) is 5.82 Å². The van der Waals surface area contributed by atoms with Crippen LogP contribution in [0.5, 0.6) is 0 Å². The van der Waals surface area contributed by atoms with E-state index in [-0.39, 0.29) is 5.82 Å². The number of nitrogens with zero attached hydrogens (tertiary/aromatic N) is 1. The second-order valence-electron chi connectivity index (χ2n) is 4.39. The molecule has 2 aromatic carbocycles. The topological polar surface area (TPSA) is 40.5 Å². The highest BCUT2D eigenvalue weighted by molar-refractivity contribution is 9.10. The van der Waals surface area contributed by atoms with Crippen molar-refractivity contribution in [2.24, 2.45) is 0 Å². The summed E-state index contributed by atoms with van der Waals surface area (Å²) in [6.07, 6.45) is 2.57. The Morgan fingerprint density at radius 1 is 1.29 bits per heavy atom. The van der Waals surface area contributed by atoms with Gasteiger partial charge < -0.3 is 10.0 Å². The summed E-state index contributed by atoms with van der Waals surface area (Å²) in [7, 11) is 1.77. The molecule has 0 atom stereocenters. The van der Waals surface area contributed by atoms with Crippen LogP contribution in [0.2, 0.25) is 0 Å². The predicted molar refractivity (Wildman–Crippen MR) is 85.3 cm³/mol. The summed E-state index contributed by atoms with van der Waals surface area (Å²) in [5.74, 6) is -1.31. The van der Waals surface area contributed by atoms with Gasteiger partial charge in [0.05, 0.1) is 5.69 Å². The van der Waals surface area contributed by atoms with Gasteiger partial charge in [-0.25, -0.2) is 9.18 Å². The molecule has 0 spiro atoms. The van der Waals surface area contributed by atoms with Crippen molar-refractivity contribution in [3.05, 3.63) is 64.4 Å². The fourth-order valence-corrected chi connectivity index (χ4v) is 2.38. The smallest absolute Gasteiger partial charge is 0.328 e. The van der Waals surface area contributed by atoms with E-state index in [1.54, 1.807) is 42.3 Å². The molecule has 0 fully saturated rings. The Kier molecular flexibility index (Phi) is 4.75. The Bertz CT molecular complexity index is 700. The summed E-state index contributed by atoms with van der Waals surface area (Å²) >= 11 is 3.39. The molecule has 2 aromatic rings. The lowest BCUT2D eigenvalue weighted by atomic mass is 10.1. The molecule has 0 aromatic heterocycles. The highest BCUT2D eigenvalue weighted by Gasteiger charge is 2.10. The molecule has 0 unspecified atom stereocenters. The van der Waals surface area contributed by atoms with Gasteiger partial charge in [0.15, 0.2) is 0 Å². The van der Waals surface area contributed by atoms with Crippen LogP contribution in [0.25, 0.3) is 6.08 Å². The number of aliphatic carboxylic acids is 1. The summed E-state index contributed by atoms with van der Waals surface area (Å²) in [5.41, 5.74) is 2.00. The quantitative estimate of drug-likeness (QED) is 0.828. The SMILES string of the molecule is CN(c1ccc(/C=C/C(=O)O)c(Br)c1)c1ccccc1F. The van der Waals surface area contributed by atoms with Gasteiger partial charge in [0, 0.05) is 23.3 Å². The number of carboxylic acid groups (broad SMARTS) is 1. The van der Waals surface area contributed by atoms with Gasteiger partial charge in [-0.15, -0.1) is 0 Å². The summed E-state index contributed by atoms with van der Waals surface area (Å²) in [6, 6.07) is 11.9. The van der Waals surface area contributed by atoms with Gasteiger partial charge in [-0.05, 0) is 35.9 Å². The highest BCUT2D eigenvalue weighted by atomic mass is 79.9. The van der Waals surface area contributed by atoms with E-state index in [9.17, 15) is 9.18 Å². The zero-order chi connectivity index (χ0) is 15.4. The number of hydrogen-bond acceptors (Lipinski definition) is 2. The van der Waals surface area contributed by atoms with Gasteiger partial charge in [-0.1, -0.05) is 34.1 Å². The molecular formula is C16H13BrFNO2. The molecule has 0 saturated carbocycles. The molecule has 0 aliphatic carbocycles. The van der Waals surface area contributed by atoms with Gasteiger partial charge in [0.1, 0.15) is 5.82 Å². The van der Waals surface area contributed by atoms with Gasteiger partial charge in [-0.2, -0.15) is 0 Å². The number of halogens is 2. The molecule has 0 aliphatic rings. The van der Waals surface area contributed by atoms with Crippen molar-refractivity contribution in [2.45, 2.75) is 0 Å². The maximum atomic E-state index is 13.8. The molecule has 0 aliphatic heterocycles. The molecule has 0 heterocycles. The van der Waals surface area contributed by atoms with E-state index in [1.807, 2.05) is 6.07 Å². The summed E-state index contributed by atoms with van der Waals surface area (Å²) in [4.78, 5) is 12.3. The van der Waals surface area contributed by atoms with E-state index in [4.69, 9.17) is 5.11 Å². The number of para-hydroxylation sites is 1. The Morgan fingerprint density at radius 2 is 2.00 bits per heavy atom. The summed E-state index contributed by atoms with van der Waals surface area (Å²) in [6.45, 7) is 0. The lowest BCUT2D eigenvalue weighted by Gasteiger charge is -2.20. The minimum atomic E-state index is -1.01. The Balaban J connectivity index is 2.32. The number of carbonyl (C=O) groups is 1. The third-order valence-corrected chi connectivity index (χ3v) is 3.68. The standard InChI is InChI=1S/C16H13BrFNO2/c1-19(15-5-3-2-4-14(15)18)12-8-6-11(13(17)10-12)7-9-16(20)21/h2-10H,1H3,(H,20,21)/b9-7+. The van der Waals surface area contributed by atoms with E-state index in [2.05, 4.69) is 15.9 Å². The number of benzene rings is 2. The molecule has 0 amide bonds. The second kappa shape index (κ2) is 6.54. The summed E-state index contributed by atoms with van der Waals surface area (Å²) < 4.78 is 14.5. The summed E-state index contributed by atoms with van der Waals surface area (Å²) in [5, 5.41) is 8.64. The maximum Gasteiger partial charge on any atom is 0.328 e. The van der Waals surface area contributed by atoms with Crippen LogP contribution in [-0.2, 0) is 4.79 Å². The molecule has 2 rings (SSSR count). The first-order valence-electron chi connectivity index (χ1n) is 6.18. The molecule has 0 saturated heterocycles. The fourth-order valence-electron chi connectivity index (χ4n) is 1.88. The van der Waals surface area contributed by atoms with Crippen LogP contribution in [-0.4, -0.2) is 18.1 Å². The first kappa shape index (κ1) is 15.3. The first-order valence-corrected chi connectivity index (χ1v) is 6.97. The molecular weight excluding hydrogens is 337 g/mol. The number of hydrogen-bond donors (Lipinski definition) is 1. The maximum absolute atomic E-state index is 13.8. The number of rotatable bonds is 4. The normalized spacial score (nSPS) is 10.8. The van der Waals surface area contributed by atoms with Crippen LogP contribution < -0.4 is 4.90 Å². The van der Waals surface area contributed by atoms with Crippen molar-refractivity contribution in [3.63, 3.8) is 0 Å². The third kappa shape index (κ3) is 3.70. The Labute approximate surface area is 130 Å². The highest BCUT2D eigenvalue weighted by Crippen LogP contribution is 2.30. The van der Waals surface area contributed by atoms with Crippen LogP contribution >= 0.6 is 15.9 Å². The van der Waals surface area contributed by atoms with E-state index in [0.29, 0.717) is 5.69 Å². The average Bonchev–Trinajstić information content (AvgIpc) is 2.45. The van der Waals surface area contributed by atoms with Crippen molar-refractivity contribution in [1.29, 1.82) is 0 Å². The van der Waals surface area contributed by atoms with Gasteiger partial charge in [0.2, 0.25) is 0 Å². The number of anilines is 2. The molecule has 0 bridgehead atoms. The van der Waals surface area contributed by atoms with E-state index < -0.39 is 5.97 Å². The minimum absolute atomic E-state index is 0.300. The fraction of sp³-hybridized carbons (Fsp3) is 0.0625. The van der Waals surface area contributed by atoms with Gasteiger partial charge in [-0.3, -0.25) is 0 Å². The molecule has 5 heteroatoms. The largest absolute Gasteiger partial charge is 0.478 e. The predicted octanol–water partition coefficient (Wildman–Crippen LogP) is 4.45. The van der Waals surface area contributed by atoms with Crippen molar-refractivity contribution in [2.75, 3.05) is 11.9 Å². The molecule has 21 heavy (non-hydrogen) atoms. The van der Waals surface area contributed by atoms with E-state index in [0.717, 1.165) is 21.8 Å². The van der Waals surface area contributed by atoms with Crippen LogP contribution in [0.3, 0.4) is 0 Å².